The number of ether oxygens (including phenoxy) is 1. The molecule has 0 spiro atoms. The molecule has 1 N–H and O–H groups in total. The fraction of sp³-hybridized carbons (Fsp3) is 0.200. The quantitative estimate of drug-likeness (QED) is 0.915. The van der Waals surface area contributed by atoms with Gasteiger partial charge in [0.15, 0.2) is 0 Å². The Morgan fingerprint density at radius 3 is 2.94 bits per heavy atom. The first-order valence-corrected chi connectivity index (χ1v) is 5.62. The summed E-state index contributed by atoms with van der Waals surface area (Å²) < 4.78 is 13.0. The lowest BCUT2D eigenvalue weighted by Crippen LogP contribution is -2.02. The van der Waals surface area contributed by atoms with Crippen molar-refractivity contribution in [1.29, 1.82) is 0 Å². The molecule has 1 aromatic heterocycles. The van der Waals surface area contributed by atoms with E-state index in [2.05, 4.69) is 8.75 Å². The van der Waals surface area contributed by atoms with Crippen molar-refractivity contribution >= 4 is 23.3 Å². The maximum atomic E-state index is 10.1. The summed E-state index contributed by atoms with van der Waals surface area (Å²) in [5.41, 5.74) is 1.08. The fourth-order valence-electron chi connectivity index (χ4n) is 1.37. The van der Waals surface area contributed by atoms with Crippen LogP contribution in [0.3, 0.4) is 0 Å². The smallest absolute Gasteiger partial charge is 0.127 e. The number of benzene rings is 1. The second-order valence-corrected chi connectivity index (χ2v) is 4.11. The van der Waals surface area contributed by atoms with Gasteiger partial charge >= 0.3 is 0 Å². The molecule has 0 aliphatic heterocycles. The normalized spacial score (nSPS) is 12.4. The second kappa shape index (κ2) is 4.78. The Morgan fingerprint density at radius 1 is 1.50 bits per heavy atom. The van der Waals surface area contributed by atoms with E-state index >= 15 is 0 Å². The Bertz CT molecular complexity index is 476. The van der Waals surface area contributed by atoms with Crippen molar-refractivity contribution in [3.8, 4) is 5.75 Å². The van der Waals surface area contributed by atoms with Gasteiger partial charge in [-0.1, -0.05) is 11.6 Å². The fourth-order valence-corrected chi connectivity index (χ4v) is 1.99. The van der Waals surface area contributed by atoms with Crippen molar-refractivity contribution in [3.05, 3.63) is 40.7 Å². The van der Waals surface area contributed by atoms with Gasteiger partial charge in [0.05, 0.1) is 25.0 Å². The minimum absolute atomic E-state index is 0.491. The number of aliphatic hydroxyl groups is 1. The van der Waals surface area contributed by atoms with Crippen molar-refractivity contribution < 1.29 is 9.84 Å². The van der Waals surface area contributed by atoms with E-state index in [1.54, 1.807) is 25.3 Å². The molecule has 1 heterocycles. The van der Waals surface area contributed by atoms with Gasteiger partial charge in [-0.2, -0.15) is 8.75 Å². The van der Waals surface area contributed by atoms with Crippen LogP contribution in [0.2, 0.25) is 5.02 Å². The van der Waals surface area contributed by atoms with Gasteiger partial charge in [0.2, 0.25) is 0 Å². The van der Waals surface area contributed by atoms with Crippen molar-refractivity contribution in [2.45, 2.75) is 6.10 Å². The van der Waals surface area contributed by atoms with Gasteiger partial charge in [0, 0.05) is 10.6 Å². The summed E-state index contributed by atoms with van der Waals surface area (Å²) in [6, 6.07) is 5.07. The molecule has 84 valence electrons. The Hall–Kier alpha value is -1.17. The zero-order valence-electron chi connectivity index (χ0n) is 8.42. The van der Waals surface area contributed by atoms with Gasteiger partial charge in [0.25, 0.3) is 0 Å². The SMILES string of the molecule is COc1ccc(Cl)cc1C(O)c1cnsn1. The number of hydrogen-bond acceptors (Lipinski definition) is 5. The first kappa shape index (κ1) is 11.3. The molecule has 0 aliphatic carbocycles. The number of aliphatic hydroxyl groups excluding tert-OH is 1. The minimum Gasteiger partial charge on any atom is -0.496 e. The van der Waals surface area contributed by atoms with Crippen LogP contribution in [0.15, 0.2) is 24.4 Å². The highest BCUT2D eigenvalue weighted by molar-refractivity contribution is 6.99. The number of nitrogens with zero attached hydrogens (tertiary/aromatic N) is 2. The van der Waals surface area contributed by atoms with Crippen LogP contribution in [-0.4, -0.2) is 21.0 Å². The predicted molar refractivity (Wildman–Crippen MR) is 62.0 cm³/mol. The Labute approximate surface area is 102 Å². The molecule has 1 unspecified atom stereocenters. The number of rotatable bonds is 3. The Morgan fingerprint density at radius 2 is 2.31 bits per heavy atom. The minimum atomic E-state index is -0.868. The lowest BCUT2D eigenvalue weighted by molar-refractivity contribution is 0.211. The standard InChI is InChI=1S/C10H9ClN2O2S/c1-15-9-3-2-6(11)4-7(9)10(14)8-5-12-16-13-8/h2-5,10,14H,1H3. The zero-order chi connectivity index (χ0) is 11.5. The number of aromatic nitrogens is 2. The van der Waals surface area contributed by atoms with Crippen LogP contribution in [0, 0.1) is 0 Å². The Kier molecular flexibility index (Phi) is 3.38. The molecule has 2 aromatic rings. The summed E-state index contributed by atoms with van der Waals surface area (Å²) in [5, 5.41) is 10.6. The van der Waals surface area contributed by atoms with E-state index in [1.807, 2.05) is 0 Å². The molecule has 2 rings (SSSR count). The van der Waals surface area contributed by atoms with E-state index in [9.17, 15) is 5.11 Å². The first-order chi connectivity index (χ1) is 7.72. The van der Waals surface area contributed by atoms with Crippen molar-refractivity contribution in [2.75, 3.05) is 7.11 Å². The van der Waals surface area contributed by atoms with E-state index in [1.165, 1.54) is 6.20 Å². The topological polar surface area (TPSA) is 55.2 Å². The third-order valence-corrected chi connectivity index (χ3v) is 2.87. The lowest BCUT2D eigenvalue weighted by Gasteiger charge is -2.12. The van der Waals surface area contributed by atoms with Crippen molar-refractivity contribution in [2.24, 2.45) is 0 Å². The van der Waals surface area contributed by atoms with Gasteiger partial charge in [-0.15, -0.1) is 0 Å². The van der Waals surface area contributed by atoms with Crippen molar-refractivity contribution in [1.82, 2.24) is 8.75 Å². The molecule has 1 aromatic carbocycles. The highest BCUT2D eigenvalue weighted by Crippen LogP contribution is 2.31. The molecule has 16 heavy (non-hydrogen) atoms. The van der Waals surface area contributed by atoms with Gasteiger partial charge < -0.3 is 9.84 Å². The molecule has 0 saturated carbocycles. The van der Waals surface area contributed by atoms with Crippen LogP contribution in [-0.2, 0) is 0 Å². The molecule has 0 saturated heterocycles. The third-order valence-electron chi connectivity index (χ3n) is 2.14. The second-order valence-electron chi connectivity index (χ2n) is 3.12. The molecule has 0 bridgehead atoms. The van der Waals surface area contributed by atoms with Crippen LogP contribution in [0.4, 0.5) is 0 Å². The first-order valence-electron chi connectivity index (χ1n) is 4.51. The summed E-state index contributed by atoms with van der Waals surface area (Å²) in [4.78, 5) is 0. The molecule has 0 amide bonds. The molecular weight excluding hydrogens is 248 g/mol. The summed E-state index contributed by atoms with van der Waals surface area (Å²) >= 11 is 6.93. The molecule has 4 nitrogen and oxygen atoms in total. The van der Waals surface area contributed by atoms with Gasteiger partial charge in [-0.25, -0.2) is 0 Å². The Balaban J connectivity index is 2.42. The van der Waals surface area contributed by atoms with E-state index in [0.717, 1.165) is 11.7 Å². The van der Waals surface area contributed by atoms with E-state index in [-0.39, 0.29) is 0 Å². The van der Waals surface area contributed by atoms with E-state index < -0.39 is 6.10 Å². The van der Waals surface area contributed by atoms with Crippen LogP contribution >= 0.6 is 23.3 Å². The molecular formula is C10H9ClN2O2S. The lowest BCUT2D eigenvalue weighted by atomic mass is 10.1. The summed E-state index contributed by atoms with van der Waals surface area (Å²) in [5.74, 6) is 0.574. The maximum absolute atomic E-state index is 10.1. The van der Waals surface area contributed by atoms with Gasteiger partial charge in [-0.3, -0.25) is 0 Å². The third kappa shape index (κ3) is 2.16. The molecule has 0 aliphatic rings. The van der Waals surface area contributed by atoms with Crippen molar-refractivity contribution in [3.63, 3.8) is 0 Å². The summed E-state index contributed by atoms with van der Waals surface area (Å²) in [7, 11) is 1.54. The molecule has 6 heteroatoms. The molecule has 0 radical (unpaired) electrons. The van der Waals surface area contributed by atoms with E-state index in [4.69, 9.17) is 16.3 Å². The van der Waals surface area contributed by atoms with Gasteiger partial charge in [0.1, 0.15) is 17.5 Å². The van der Waals surface area contributed by atoms with E-state index in [0.29, 0.717) is 22.0 Å². The summed E-state index contributed by atoms with van der Waals surface area (Å²) in [6.07, 6.45) is 0.655. The highest BCUT2D eigenvalue weighted by atomic mass is 35.5. The van der Waals surface area contributed by atoms with Crippen LogP contribution in [0.25, 0.3) is 0 Å². The monoisotopic (exact) mass is 256 g/mol. The zero-order valence-corrected chi connectivity index (χ0v) is 10.00. The molecule has 1 atom stereocenters. The average Bonchev–Trinajstić information content (AvgIpc) is 2.81. The summed E-state index contributed by atoms with van der Waals surface area (Å²) in [6.45, 7) is 0. The number of halogens is 1. The maximum Gasteiger partial charge on any atom is 0.127 e. The highest BCUT2D eigenvalue weighted by Gasteiger charge is 2.18. The average molecular weight is 257 g/mol. The number of methoxy groups -OCH3 is 1. The van der Waals surface area contributed by atoms with Crippen LogP contribution in [0.1, 0.15) is 17.4 Å². The largest absolute Gasteiger partial charge is 0.496 e. The van der Waals surface area contributed by atoms with Crippen LogP contribution in [0.5, 0.6) is 5.75 Å². The number of hydrogen-bond donors (Lipinski definition) is 1. The molecule has 0 fully saturated rings. The van der Waals surface area contributed by atoms with Crippen LogP contribution < -0.4 is 4.74 Å². The van der Waals surface area contributed by atoms with Gasteiger partial charge in [-0.05, 0) is 18.2 Å². The predicted octanol–water partition coefficient (Wildman–Crippen LogP) is 2.28.